The van der Waals surface area contributed by atoms with Gasteiger partial charge in [0.15, 0.2) is 0 Å². The lowest BCUT2D eigenvalue weighted by molar-refractivity contribution is 0.827. The maximum atomic E-state index is 2.40. The molecule has 318 valence electrons. The van der Waals surface area contributed by atoms with Gasteiger partial charge in [-0.2, -0.15) is 0 Å². The van der Waals surface area contributed by atoms with E-state index >= 15 is 0 Å². The van der Waals surface area contributed by atoms with E-state index in [1.807, 2.05) is 0 Å². The highest BCUT2D eigenvalue weighted by molar-refractivity contribution is 5.83. The van der Waals surface area contributed by atoms with E-state index in [4.69, 9.17) is 0 Å². The number of anilines is 2. The Bertz CT molecular complexity index is 3170. The Morgan fingerprint density at radius 2 is 1.12 bits per heavy atom. The summed E-state index contributed by atoms with van der Waals surface area (Å²) in [5.41, 5.74) is 19.1. The van der Waals surface area contributed by atoms with Crippen LogP contribution in [0.15, 0.2) is 254 Å². The second kappa shape index (κ2) is 18.8. The number of fused-ring (bicyclic) bond motifs is 2. The molecule has 0 spiro atoms. The molecule has 8 aromatic rings. The minimum absolute atomic E-state index is 0.390. The highest BCUT2D eigenvalue weighted by atomic mass is 15.1. The zero-order valence-electron chi connectivity index (χ0n) is 37.3. The van der Waals surface area contributed by atoms with Crippen LogP contribution in [0, 0.1) is 0 Å². The van der Waals surface area contributed by atoms with E-state index in [1.54, 1.807) is 0 Å². The summed E-state index contributed by atoms with van der Waals surface area (Å²) in [6.45, 7) is 0. The first kappa shape index (κ1) is 41.0. The smallest absolute Gasteiger partial charge is 0.0461 e. The summed E-state index contributed by atoms with van der Waals surface area (Å²) in [5.74, 6) is 0.785. The Kier molecular flexibility index (Phi) is 11.7. The number of hydrogen-bond donors (Lipinski definition) is 0. The van der Waals surface area contributed by atoms with Gasteiger partial charge in [0, 0.05) is 28.9 Å². The molecule has 0 saturated carbocycles. The van der Waals surface area contributed by atoms with Gasteiger partial charge < -0.3 is 4.90 Å². The first-order valence-electron chi connectivity index (χ1n) is 23.6. The molecule has 0 saturated heterocycles. The van der Waals surface area contributed by atoms with E-state index in [1.165, 1.54) is 88.9 Å². The minimum Gasteiger partial charge on any atom is -0.311 e. The van der Waals surface area contributed by atoms with Crippen LogP contribution in [0.2, 0.25) is 0 Å². The highest BCUT2D eigenvalue weighted by Gasteiger charge is 2.19. The monoisotopic (exact) mass is 847 g/mol. The maximum absolute atomic E-state index is 2.40. The number of benzene rings is 8. The van der Waals surface area contributed by atoms with Crippen molar-refractivity contribution in [1.29, 1.82) is 0 Å². The minimum atomic E-state index is 0.390. The molecule has 0 fully saturated rings. The van der Waals surface area contributed by atoms with E-state index in [-0.39, 0.29) is 0 Å². The summed E-state index contributed by atoms with van der Waals surface area (Å²) in [6.07, 6.45) is 26.1. The Morgan fingerprint density at radius 3 is 1.82 bits per heavy atom. The van der Waals surface area contributed by atoms with Gasteiger partial charge >= 0.3 is 0 Å². The van der Waals surface area contributed by atoms with E-state index in [9.17, 15) is 0 Å². The molecule has 0 radical (unpaired) electrons. The topological polar surface area (TPSA) is 3.24 Å². The van der Waals surface area contributed by atoms with Crippen LogP contribution in [0.4, 0.5) is 11.4 Å². The van der Waals surface area contributed by atoms with Gasteiger partial charge in [0.05, 0.1) is 0 Å². The van der Waals surface area contributed by atoms with Crippen LogP contribution in [-0.2, 0) is 12.8 Å². The predicted octanol–water partition coefficient (Wildman–Crippen LogP) is 17.2. The lowest BCUT2D eigenvalue weighted by Crippen LogP contribution is -2.16. The molecule has 0 aromatic heterocycles. The van der Waals surface area contributed by atoms with Gasteiger partial charge in [-0.25, -0.2) is 0 Å². The van der Waals surface area contributed by atoms with Crippen molar-refractivity contribution in [2.45, 2.75) is 43.9 Å². The van der Waals surface area contributed by atoms with Crippen molar-refractivity contribution >= 4 is 33.8 Å². The molecule has 2 unspecified atom stereocenters. The molecule has 2 atom stereocenters. The molecule has 1 nitrogen and oxygen atoms in total. The molecule has 8 aromatic carbocycles. The normalized spacial score (nSPS) is 16.7. The third-order valence-electron chi connectivity index (χ3n) is 13.7. The Hall–Kier alpha value is -7.74. The molecule has 0 heterocycles. The average molecular weight is 848 g/mol. The highest BCUT2D eigenvalue weighted by Crippen LogP contribution is 2.37. The van der Waals surface area contributed by atoms with Crippen molar-refractivity contribution in [2.75, 3.05) is 4.90 Å². The number of hydrogen-bond acceptors (Lipinski definition) is 1. The lowest BCUT2D eigenvalue weighted by Gasteiger charge is -2.28. The molecular formula is C65H53N. The summed E-state index contributed by atoms with van der Waals surface area (Å²) in [5, 5.41) is 2.60. The number of rotatable bonds is 11. The van der Waals surface area contributed by atoms with Gasteiger partial charge in [-0.05, 0) is 140 Å². The van der Waals surface area contributed by atoms with Gasteiger partial charge in [0.25, 0.3) is 0 Å². The summed E-state index contributed by atoms with van der Waals surface area (Å²) >= 11 is 0. The molecule has 3 aliphatic rings. The first-order chi connectivity index (χ1) is 32.7. The fourth-order valence-corrected chi connectivity index (χ4v) is 9.93. The van der Waals surface area contributed by atoms with E-state index < -0.39 is 0 Å². The van der Waals surface area contributed by atoms with E-state index in [0.29, 0.717) is 11.8 Å². The molecule has 0 aliphatic heterocycles. The van der Waals surface area contributed by atoms with Gasteiger partial charge in [0.2, 0.25) is 0 Å². The van der Waals surface area contributed by atoms with Crippen LogP contribution >= 0.6 is 0 Å². The van der Waals surface area contributed by atoms with E-state index in [0.717, 1.165) is 37.8 Å². The maximum Gasteiger partial charge on any atom is 0.0461 e. The van der Waals surface area contributed by atoms with Crippen molar-refractivity contribution in [1.82, 2.24) is 0 Å². The zero-order valence-corrected chi connectivity index (χ0v) is 37.3. The van der Waals surface area contributed by atoms with Crippen molar-refractivity contribution in [2.24, 2.45) is 0 Å². The first-order valence-corrected chi connectivity index (χ1v) is 23.6. The van der Waals surface area contributed by atoms with Crippen LogP contribution in [0.25, 0.3) is 44.7 Å². The molecule has 0 bridgehead atoms. The van der Waals surface area contributed by atoms with Gasteiger partial charge in [-0.15, -0.1) is 0 Å². The summed E-state index contributed by atoms with van der Waals surface area (Å²) < 4.78 is 0. The van der Waals surface area contributed by atoms with Crippen molar-refractivity contribution in [3.63, 3.8) is 0 Å². The molecule has 66 heavy (non-hydrogen) atoms. The van der Waals surface area contributed by atoms with Crippen LogP contribution < -0.4 is 4.90 Å². The summed E-state index contributed by atoms with van der Waals surface area (Å²) in [7, 11) is 0. The average Bonchev–Trinajstić information content (AvgIpc) is 3.40. The molecule has 0 N–H and O–H groups in total. The van der Waals surface area contributed by atoms with Crippen LogP contribution in [0.5, 0.6) is 0 Å². The molecule has 0 amide bonds. The number of nitrogens with zero attached hydrogens (tertiary/aromatic N) is 1. The summed E-state index contributed by atoms with van der Waals surface area (Å²) in [6, 6.07) is 71.5. The van der Waals surface area contributed by atoms with Gasteiger partial charge in [-0.3, -0.25) is 0 Å². The van der Waals surface area contributed by atoms with Gasteiger partial charge in [-0.1, -0.05) is 218 Å². The van der Waals surface area contributed by atoms with Crippen LogP contribution in [0.3, 0.4) is 0 Å². The Morgan fingerprint density at radius 1 is 0.500 bits per heavy atom. The summed E-state index contributed by atoms with van der Waals surface area (Å²) in [4.78, 5) is 2.40. The third-order valence-corrected chi connectivity index (χ3v) is 13.7. The SMILES string of the molecule is C1=CC(N(c2ccc(-c3ccc(-c4ccc(C/C(=C/C5=CCC(c6ccc7ccccc7c6)C=C5)c5ccccc5)cc4)cc3)cc2)c2ccc(C3C=Cc4ccccc4C3)cc2)=CCC1. The Balaban J connectivity index is 0.770. The molecule has 1 heteroatoms. The largest absolute Gasteiger partial charge is 0.311 e. The molecule has 11 rings (SSSR count). The molecular weight excluding hydrogens is 795 g/mol. The lowest BCUT2D eigenvalue weighted by atomic mass is 9.85. The second-order valence-electron chi connectivity index (χ2n) is 17.9. The zero-order chi connectivity index (χ0) is 44.1. The predicted molar refractivity (Wildman–Crippen MR) is 281 cm³/mol. The number of allylic oxidation sites excluding steroid dienone is 10. The standard InChI is InChI=1S/C65H53N/c1-3-11-49(12-4-1)62(44-48-21-25-56(26-22-48)60-33-31-50-13-7-9-15-58(50)45-60)43-47-19-23-52(24-20-47)53-27-29-54(30-28-53)55-35-39-64(40-36-55)66(63-17-5-2-6-18-63)65-41-37-57(38-42-65)61-34-32-51-14-8-10-16-59(51)46-61/h1,3-5,7-25,27-42,44-45,56,61H,2,6,26,43,46H2/b62-44-. The fraction of sp³-hybridized carbons (Fsp3) is 0.108. The van der Waals surface area contributed by atoms with Crippen molar-refractivity contribution < 1.29 is 0 Å². The van der Waals surface area contributed by atoms with E-state index in [2.05, 4.69) is 254 Å². The Labute approximate surface area is 390 Å². The second-order valence-corrected chi connectivity index (χ2v) is 17.9. The quantitative estimate of drug-likeness (QED) is 0.125. The fourth-order valence-electron chi connectivity index (χ4n) is 9.93. The van der Waals surface area contributed by atoms with Crippen molar-refractivity contribution in [3.05, 3.63) is 287 Å². The van der Waals surface area contributed by atoms with Crippen LogP contribution in [0.1, 0.15) is 64.5 Å². The van der Waals surface area contributed by atoms with Gasteiger partial charge in [0.1, 0.15) is 0 Å². The third kappa shape index (κ3) is 8.99. The van der Waals surface area contributed by atoms with Crippen LogP contribution in [-0.4, -0.2) is 0 Å². The molecule has 3 aliphatic carbocycles. The van der Waals surface area contributed by atoms with Crippen molar-refractivity contribution in [3.8, 4) is 22.3 Å².